The fourth-order valence-electron chi connectivity index (χ4n) is 2.25. The van der Waals surface area contributed by atoms with E-state index in [1.165, 1.54) is 17.7 Å². The number of phenolic OH excluding ortho intramolecular Hbond substituents is 2. The third kappa shape index (κ3) is 3.52. The van der Waals surface area contributed by atoms with Gasteiger partial charge in [-0.3, -0.25) is 0 Å². The van der Waals surface area contributed by atoms with Crippen molar-refractivity contribution in [2.24, 2.45) is 0 Å². The molecule has 0 aromatic heterocycles. The van der Waals surface area contributed by atoms with Crippen LogP contribution in [0.25, 0.3) is 0 Å². The summed E-state index contributed by atoms with van der Waals surface area (Å²) in [5.41, 5.74) is 2.00. The second kappa shape index (κ2) is 6.44. The number of benzene rings is 2. The van der Waals surface area contributed by atoms with Gasteiger partial charge in [0.2, 0.25) is 0 Å². The van der Waals surface area contributed by atoms with Crippen LogP contribution in [0.4, 0.5) is 0 Å². The van der Waals surface area contributed by atoms with Crippen LogP contribution in [0.1, 0.15) is 36.9 Å². The van der Waals surface area contributed by atoms with E-state index in [9.17, 15) is 10.2 Å². The first-order chi connectivity index (χ1) is 9.58. The van der Waals surface area contributed by atoms with Crippen LogP contribution < -0.4 is 5.32 Å². The molecule has 0 heterocycles. The van der Waals surface area contributed by atoms with Crippen LogP contribution in [0.15, 0.2) is 48.5 Å². The Labute approximate surface area is 119 Å². The molecule has 106 valence electrons. The number of aromatic hydroxyl groups is 2. The minimum atomic E-state index is -0.0201. The zero-order valence-corrected chi connectivity index (χ0v) is 11.9. The van der Waals surface area contributed by atoms with Crippen molar-refractivity contribution in [2.45, 2.75) is 25.8 Å². The van der Waals surface area contributed by atoms with Crippen LogP contribution in [0.2, 0.25) is 0 Å². The Morgan fingerprint density at radius 1 is 1.00 bits per heavy atom. The molecular formula is C17H21NO2. The molecule has 2 unspecified atom stereocenters. The largest absolute Gasteiger partial charge is 0.508 e. The smallest absolute Gasteiger partial charge is 0.120 e. The van der Waals surface area contributed by atoms with E-state index in [-0.39, 0.29) is 17.5 Å². The van der Waals surface area contributed by atoms with Crippen molar-refractivity contribution in [1.29, 1.82) is 0 Å². The van der Waals surface area contributed by atoms with Gasteiger partial charge in [-0.05, 0) is 36.6 Å². The van der Waals surface area contributed by atoms with Crippen LogP contribution in [-0.4, -0.2) is 16.8 Å². The molecule has 2 rings (SSSR count). The first kappa shape index (κ1) is 14.4. The second-order valence-corrected chi connectivity index (χ2v) is 5.18. The van der Waals surface area contributed by atoms with Crippen molar-refractivity contribution >= 4 is 0 Å². The Morgan fingerprint density at radius 3 is 2.40 bits per heavy atom. The Hall–Kier alpha value is -2.00. The van der Waals surface area contributed by atoms with Crippen molar-refractivity contribution < 1.29 is 10.2 Å². The lowest BCUT2D eigenvalue weighted by Gasteiger charge is -2.19. The molecule has 0 radical (unpaired) electrons. The van der Waals surface area contributed by atoms with E-state index >= 15 is 0 Å². The third-order valence-electron chi connectivity index (χ3n) is 3.58. The highest BCUT2D eigenvalue weighted by Crippen LogP contribution is 2.28. The molecule has 0 aliphatic heterocycles. The van der Waals surface area contributed by atoms with Crippen LogP contribution in [0, 0.1) is 0 Å². The van der Waals surface area contributed by atoms with Crippen molar-refractivity contribution in [2.75, 3.05) is 6.54 Å². The van der Waals surface area contributed by atoms with Gasteiger partial charge in [-0.15, -0.1) is 0 Å². The van der Waals surface area contributed by atoms with E-state index in [0.29, 0.717) is 11.5 Å². The zero-order chi connectivity index (χ0) is 14.5. The van der Waals surface area contributed by atoms with Gasteiger partial charge in [0.15, 0.2) is 0 Å². The molecule has 0 amide bonds. The monoisotopic (exact) mass is 271 g/mol. The maximum atomic E-state index is 9.84. The third-order valence-corrected chi connectivity index (χ3v) is 3.58. The molecule has 3 nitrogen and oxygen atoms in total. The molecule has 2 atom stereocenters. The lowest BCUT2D eigenvalue weighted by molar-refractivity contribution is 0.438. The van der Waals surface area contributed by atoms with Crippen molar-refractivity contribution in [1.82, 2.24) is 5.32 Å². The van der Waals surface area contributed by atoms with Gasteiger partial charge in [0, 0.05) is 18.2 Å². The standard InChI is InChI=1S/C17H21NO2/c1-12(14-6-4-3-5-7-14)11-18-13(2)16-10-15(19)8-9-17(16)20/h3-10,12-13,18-20H,11H2,1-2H3. The number of nitrogens with one attached hydrogen (secondary N) is 1. The molecule has 0 spiro atoms. The topological polar surface area (TPSA) is 52.5 Å². The summed E-state index contributed by atoms with van der Waals surface area (Å²) in [4.78, 5) is 0. The highest BCUT2D eigenvalue weighted by atomic mass is 16.3. The Balaban J connectivity index is 1.98. The summed E-state index contributed by atoms with van der Waals surface area (Å²) in [6.07, 6.45) is 0. The van der Waals surface area contributed by atoms with E-state index in [0.717, 1.165) is 6.54 Å². The van der Waals surface area contributed by atoms with Crippen molar-refractivity contribution in [3.63, 3.8) is 0 Å². The predicted octanol–water partition coefficient (Wildman–Crippen LogP) is 3.55. The molecule has 3 N–H and O–H groups in total. The summed E-state index contributed by atoms with van der Waals surface area (Å²) in [7, 11) is 0. The van der Waals surface area contributed by atoms with E-state index in [4.69, 9.17) is 0 Å². The van der Waals surface area contributed by atoms with Gasteiger partial charge in [0.25, 0.3) is 0 Å². The lowest BCUT2D eigenvalue weighted by atomic mass is 10.00. The number of phenols is 2. The number of hydrogen-bond donors (Lipinski definition) is 3. The fraction of sp³-hybridized carbons (Fsp3) is 0.294. The van der Waals surface area contributed by atoms with E-state index in [2.05, 4.69) is 24.4 Å². The predicted molar refractivity (Wildman–Crippen MR) is 81.0 cm³/mol. The summed E-state index contributed by atoms with van der Waals surface area (Å²) in [5, 5.41) is 22.7. The molecule has 0 saturated carbocycles. The molecule has 2 aromatic rings. The first-order valence-electron chi connectivity index (χ1n) is 6.88. The fourth-order valence-corrected chi connectivity index (χ4v) is 2.25. The zero-order valence-electron chi connectivity index (χ0n) is 11.9. The Morgan fingerprint density at radius 2 is 1.70 bits per heavy atom. The van der Waals surface area contributed by atoms with E-state index in [1.807, 2.05) is 25.1 Å². The summed E-state index contributed by atoms with van der Waals surface area (Å²) in [6.45, 7) is 4.95. The number of hydrogen-bond acceptors (Lipinski definition) is 3. The summed E-state index contributed by atoms with van der Waals surface area (Å²) in [5.74, 6) is 0.760. The van der Waals surface area contributed by atoms with Gasteiger partial charge in [0.05, 0.1) is 0 Å². The van der Waals surface area contributed by atoms with Crippen LogP contribution >= 0.6 is 0 Å². The average molecular weight is 271 g/mol. The van der Waals surface area contributed by atoms with E-state index < -0.39 is 0 Å². The lowest BCUT2D eigenvalue weighted by Crippen LogP contribution is -2.23. The van der Waals surface area contributed by atoms with E-state index in [1.54, 1.807) is 6.07 Å². The summed E-state index contributed by atoms with van der Waals surface area (Å²) >= 11 is 0. The Bertz CT molecular complexity index is 554. The number of rotatable bonds is 5. The van der Waals surface area contributed by atoms with Crippen molar-refractivity contribution in [3.05, 3.63) is 59.7 Å². The van der Waals surface area contributed by atoms with Gasteiger partial charge in [-0.2, -0.15) is 0 Å². The normalized spacial score (nSPS) is 13.9. The van der Waals surface area contributed by atoms with Gasteiger partial charge in [-0.25, -0.2) is 0 Å². The average Bonchev–Trinajstić information content (AvgIpc) is 2.47. The first-order valence-corrected chi connectivity index (χ1v) is 6.88. The molecular weight excluding hydrogens is 250 g/mol. The van der Waals surface area contributed by atoms with Gasteiger partial charge < -0.3 is 15.5 Å². The van der Waals surface area contributed by atoms with Gasteiger partial charge >= 0.3 is 0 Å². The quantitative estimate of drug-likeness (QED) is 0.729. The molecule has 0 bridgehead atoms. The summed E-state index contributed by atoms with van der Waals surface area (Å²) < 4.78 is 0. The highest BCUT2D eigenvalue weighted by molar-refractivity contribution is 5.40. The molecule has 0 saturated heterocycles. The maximum Gasteiger partial charge on any atom is 0.120 e. The van der Waals surface area contributed by atoms with Crippen LogP contribution in [0.3, 0.4) is 0 Å². The van der Waals surface area contributed by atoms with Crippen LogP contribution in [-0.2, 0) is 0 Å². The summed E-state index contributed by atoms with van der Waals surface area (Å²) in [6, 6.07) is 14.9. The Kier molecular flexibility index (Phi) is 4.64. The molecule has 0 aliphatic carbocycles. The minimum Gasteiger partial charge on any atom is -0.508 e. The second-order valence-electron chi connectivity index (χ2n) is 5.18. The molecule has 0 aliphatic rings. The maximum absolute atomic E-state index is 9.84. The molecule has 0 fully saturated rings. The van der Waals surface area contributed by atoms with Gasteiger partial charge in [0.1, 0.15) is 11.5 Å². The SMILES string of the molecule is CC(CNC(C)c1cc(O)ccc1O)c1ccccc1. The highest BCUT2D eigenvalue weighted by Gasteiger charge is 2.12. The van der Waals surface area contributed by atoms with Gasteiger partial charge in [-0.1, -0.05) is 37.3 Å². The molecule has 3 heteroatoms. The molecule has 20 heavy (non-hydrogen) atoms. The van der Waals surface area contributed by atoms with Crippen molar-refractivity contribution in [3.8, 4) is 11.5 Å². The minimum absolute atomic E-state index is 0.0201. The molecule has 2 aromatic carbocycles. The van der Waals surface area contributed by atoms with Crippen LogP contribution in [0.5, 0.6) is 11.5 Å².